The van der Waals surface area contributed by atoms with E-state index in [0.717, 1.165) is 31.3 Å². The lowest BCUT2D eigenvalue weighted by molar-refractivity contribution is -0.140. The molecule has 2 N–H and O–H groups in total. The van der Waals surface area contributed by atoms with Crippen LogP contribution in [-0.4, -0.2) is 73.9 Å². The number of likely N-dealkylation sites (tertiary alicyclic amines) is 2. The maximum absolute atomic E-state index is 12.7. The Morgan fingerprint density at radius 3 is 2.43 bits per heavy atom. The lowest BCUT2D eigenvalue weighted by Gasteiger charge is -2.30. The van der Waals surface area contributed by atoms with E-state index in [0.29, 0.717) is 13.1 Å². The lowest BCUT2D eigenvalue weighted by Crippen LogP contribution is -2.44. The quantitative estimate of drug-likeness (QED) is 0.206. The normalized spacial score (nSPS) is 33.5. The number of carbonyl (C=O) groups is 2. The third-order valence-corrected chi connectivity index (χ3v) is 7.35. The Balaban J connectivity index is 1.12. The molecule has 7 nitrogen and oxygen atoms in total. The van der Waals surface area contributed by atoms with Gasteiger partial charge in [0.25, 0.3) is 0 Å². The number of unbranched alkanes of at least 4 members (excludes halogenated alkanes) is 1. The van der Waals surface area contributed by atoms with E-state index >= 15 is 0 Å². The Morgan fingerprint density at radius 1 is 1.07 bits per heavy atom. The number of rotatable bonds is 8. The van der Waals surface area contributed by atoms with Crippen molar-refractivity contribution < 1.29 is 9.59 Å². The molecule has 4 rings (SSSR count). The molecule has 5 unspecified atom stereocenters. The highest BCUT2D eigenvalue weighted by Crippen LogP contribution is 2.52. The second-order valence-corrected chi connectivity index (χ2v) is 9.51. The van der Waals surface area contributed by atoms with Crippen LogP contribution in [0.3, 0.4) is 0 Å². The van der Waals surface area contributed by atoms with Crippen molar-refractivity contribution in [3.63, 3.8) is 0 Å². The summed E-state index contributed by atoms with van der Waals surface area (Å²) < 4.78 is 0. The molecule has 5 atom stereocenters. The second-order valence-electron chi connectivity index (χ2n) is 9.51. The van der Waals surface area contributed by atoms with Gasteiger partial charge < -0.3 is 15.5 Å². The van der Waals surface area contributed by atoms with Crippen LogP contribution in [0.15, 0.2) is 17.1 Å². The van der Waals surface area contributed by atoms with Crippen molar-refractivity contribution in [2.45, 2.75) is 39.0 Å². The van der Waals surface area contributed by atoms with Crippen molar-refractivity contribution in [3.05, 3.63) is 12.2 Å². The summed E-state index contributed by atoms with van der Waals surface area (Å²) in [6.45, 7) is 7.83. The minimum Gasteiger partial charge on any atom is -0.356 e. The van der Waals surface area contributed by atoms with Crippen molar-refractivity contribution in [1.82, 2.24) is 20.4 Å². The van der Waals surface area contributed by atoms with Crippen LogP contribution in [0, 0.1) is 29.6 Å². The van der Waals surface area contributed by atoms with Crippen LogP contribution in [0.25, 0.3) is 0 Å². The molecular formula is C23H37N5O2. The fourth-order valence-corrected chi connectivity index (χ4v) is 5.85. The van der Waals surface area contributed by atoms with Crippen molar-refractivity contribution >= 4 is 17.8 Å². The average molecular weight is 416 g/mol. The first-order valence-electron chi connectivity index (χ1n) is 11.8. The van der Waals surface area contributed by atoms with Crippen LogP contribution in [0.5, 0.6) is 0 Å². The van der Waals surface area contributed by atoms with Crippen LogP contribution in [-0.2, 0) is 9.59 Å². The molecule has 1 saturated carbocycles. The zero-order valence-electron chi connectivity index (χ0n) is 18.5. The average Bonchev–Trinajstić information content (AvgIpc) is 3.42. The maximum Gasteiger partial charge on any atom is 0.233 e. The topological polar surface area (TPSA) is 77.0 Å². The van der Waals surface area contributed by atoms with Gasteiger partial charge in [-0.3, -0.25) is 19.5 Å². The van der Waals surface area contributed by atoms with Gasteiger partial charge in [-0.25, -0.2) is 0 Å². The van der Waals surface area contributed by atoms with Crippen molar-refractivity contribution in [3.8, 4) is 0 Å². The van der Waals surface area contributed by atoms with Crippen molar-refractivity contribution in [1.29, 1.82) is 0 Å². The Labute approximate surface area is 180 Å². The van der Waals surface area contributed by atoms with E-state index in [1.54, 1.807) is 7.05 Å². The highest BCUT2D eigenvalue weighted by Gasteiger charge is 2.58. The number of nitrogens with one attached hydrogen (secondary N) is 2. The predicted octanol–water partition coefficient (Wildman–Crippen LogP) is 1.47. The Morgan fingerprint density at radius 2 is 1.77 bits per heavy atom. The molecule has 3 fully saturated rings. The van der Waals surface area contributed by atoms with Gasteiger partial charge in [0.1, 0.15) is 0 Å². The van der Waals surface area contributed by atoms with Crippen LogP contribution in [0.2, 0.25) is 0 Å². The van der Waals surface area contributed by atoms with E-state index in [4.69, 9.17) is 0 Å². The minimum absolute atomic E-state index is 0.0265. The standard InChI is InChI=1S/C23H37N5O2/c1-16-6-5-12-27(15-16)11-4-3-9-25-23(24-2)26-10-13-28-21(29)19-17-7-8-18(14-17)20(19)22(28)30/h7-8,16-20H,3-6,9-15H2,1-2H3,(H2,24,25,26). The highest BCUT2D eigenvalue weighted by atomic mass is 16.2. The Kier molecular flexibility index (Phi) is 6.76. The first kappa shape index (κ1) is 21.3. The third kappa shape index (κ3) is 4.41. The van der Waals surface area contributed by atoms with Gasteiger partial charge in [-0.2, -0.15) is 0 Å². The molecule has 0 aromatic carbocycles. The van der Waals surface area contributed by atoms with Crippen molar-refractivity contribution in [2.75, 3.05) is 46.3 Å². The number of nitrogens with zero attached hydrogens (tertiary/aromatic N) is 3. The van der Waals surface area contributed by atoms with E-state index in [2.05, 4.69) is 39.6 Å². The van der Waals surface area contributed by atoms with Crippen LogP contribution in [0.1, 0.15) is 39.0 Å². The zero-order valence-corrected chi connectivity index (χ0v) is 18.5. The number of amides is 2. The first-order chi connectivity index (χ1) is 14.6. The fourth-order valence-electron chi connectivity index (χ4n) is 5.85. The number of aliphatic imine (C=N–C) groups is 1. The first-order valence-corrected chi connectivity index (χ1v) is 11.8. The number of guanidine groups is 1. The molecule has 0 aromatic heterocycles. The maximum atomic E-state index is 12.7. The van der Waals surface area contributed by atoms with E-state index in [1.807, 2.05) is 0 Å². The van der Waals surface area contributed by atoms with Gasteiger partial charge >= 0.3 is 0 Å². The summed E-state index contributed by atoms with van der Waals surface area (Å²) in [5.74, 6) is 1.97. The molecule has 7 heteroatoms. The summed E-state index contributed by atoms with van der Waals surface area (Å²) in [6.07, 6.45) is 10.2. The number of allylic oxidation sites excluding steroid dienone is 2. The van der Waals surface area contributed by atoms with Gasteiger partial charge in [0.15, 0.2) is 5.96 Å². The van der Waals surface area contributed by atoms with Crippen LogP contribution in [0.4, 0.5) is 0 Å². The van der Waals surface area contributed by atoms with Crippen LogP contribution < -0.4 is 10.6 Å². The number of carbonyl (C=O) groups excluding carboxylic acids is 2. The SMILES string of the molecule is CN=C(NCCCCN1CCCC(C)C1)NCCN1C(=O)C2C3C=CC(C3)C2C1=O. The number of hydrogen-bond acceptors (Lipinski definition) is 4. The molecule has 2 aliphatic carbocycles. The van der Waals surface area contributed by atoms with E-state index < -0.39 is 0 Å². The summed E-state index contributed by atoms with van der Waals surface area (Å²) in [5, 5.41) is 6.60. The lowest BCUT2D eigenvalue weighted by atomic mass is 9.85. The molecule has 0 aromatic rings. The molecule has 30 heavy (non-hydrogen) atoms. The summed E-state index contributed by atoms with van der Waals surface area (Å²) in [6, 6.07) is 0. The Hall–Kier alpha value is -1.89. The predicted molar refractivity (Wildman–Crippen MR) is 118 cm³/mol. The summed E-state index contributed by atoms with van der Waals surface area (Å²) >= 11 is 0. The molecule has 4 aliphatic rings. The molecular weight excluding hydrogens is 378 g/mol. The number of fused-ring (bicyclic) bond motifs is 5. The number of hydrogen-bond donors (Lipinski definition) is 2. The highest BCUT2D eigenvalue weighted by molar-refractivity contribution is 6.06. The summed E-state index contributed by atoms with van der Waals surface area (Å²) in [7, 11) is 1.75. The summed E-state index contributed by atoms with van der Waals surface area (Å²) in [5.41, 5.74) is 0. The van der Waals surface area contributed by atoms with Gasteiger partial charge in [0.05, 0.1) is 11.8 Å². The molecule has 2 heterocycles. The van der Waals surface area contributed by atoms with Crippen molar-refractivity contribution in [2.24, 2.45) is 34.6 Å². The smallest absolute Gasteiger partial charge is 0.233 e. The van der Waals surface area contributed by atoms with E-state index in [-0.39, 0.29) is 35.5 Å². The second kappa shape index (κ2) is 9.50. The van der Waals surface area contributed by atoms with E-state index in [9.17, 15) is 9.59 Å². The number of imide groups is 1. The molecule has 0 spiro atoms. The zero-order chi connectivity index (χ0) is 21.1. The fraction of sp³-hybridized carbons (Fsp3) is 0.783. The monoisotopic (exact) mass is 415 g/mol. The molecule has 2 bridgehead atoms. The van der Waals surface area contributed by atoms with Gasteiger partial charge in [0.2, 0.25) is 11.8 Å². The molecule has 2 saturated heterocycles. The molecule has 2 amide bonds. The Bertz CT molecular complexity index is 676. The minimum atomic E-state index is -0.104. The summed E-state index contributed by atoms with van der Waals surface area (Å²) in [4.78, 5) is 33.8. The third-order valence-electron chi connectivity index (χ3n) is 7.35. The largest absolute Gasteiger partial charge is 0.356 e. The van der Waals surface area contributed by atoms with Crippen LogP contribution >= 0.6 is 0 Å². The van der Waals surface area contributed by atoms with E-state index in [1.165, 1.54) is 43.8 Å². The van der Waals surface area contributed by atoms with Gasteiger partial charge in [-0.1, -0.05) is 19.1 Å². The van der Waals surface area contributed by atoms with Gasteiger partial charge in [-0.15, -0.1) is 0 Å². The number of piperidine rings is 1. The van der Waals surface area contributed by atoms with Gasteiger partial charge in [0, 0.05) is 33.2 Å². The van der Waals surface area contributed by atoms with Gasteiger partial charge in [-0.05, 0) is 62.9 Å². The molecule has 0 radical (unpaired) electrons. The molecule has 166 valence electrons. The molecule has 2 aliphatic heterocycles.